The molecule has 1 aliphatic rings. The molecule has 0 radical (unpaired) electrons. The largest absolute Gasteiger partial charge is 0.416 e. The molecule has 0 aromatic heterocycles. The first-order chi connectivity index (χ1) is 9.74. The molecule has 0 saturated heterocycles. The van der Waals surface area contributed by atoms with Gasteiger partial charge in [-0.3, -0.25) is 4.79 Å². The minimum Gasteiger partial charge on any atom is -0.340 e. The molecular weight excluding hydrogens is 281 g/mol. The van der Waals surface area contributed by atoms with Crippen LogP contribution in [0.4, 0.5) is 13.2 Å². The molecule has 1 amide bonds. The first kappa shape index (κ1) is 15.8. The molecule has 0 heterocycles. The number of hydrogen-bond acceptors (Lipinski definition) is 2. The zero-order valence-electron chi connectivity index (χ0n) is 11.9. The average Bonchev–Trinajstić information content (AvgIpc) is 2.85. The molecule has 0 spiro atoms. The fourth-order valence-electron chi connectivity index (χ4n) is 2.86. The summed E-state index contributed by atoms with van der Waals surface area (Å²) < 4.78 is 38.8. The number of carbonyl (C=O) groups excluding carboxylic acids is 1. The number of benzene rings is 1. The van der Waals surface area contributed by atoms with Crippen LogP contribution in [-0.4, -0.2) is 23.4 Å². The molecule has 2 rings (SSSR count). The first-order valence-electron chi connectivity index (χ1n) is 6.93. The standard InChI is InChI=1S/C15H19F3N2O/c1-20(13(21)14(19)8-4-5-9-14)10-11-6-2-3-7-12(11)15(16,17)18/h2-3,6-7H,4-5,8-10,19H2,1H3. The van der Waals surface area contributed by atoms with Crippen LogP contribution in [0, 0.1) is 0 Å². The monoisotopic (exact) mass is 300 g/mol. The van der Waals surface area contributed by atoms with Gasteiger partial charge in [0, 0.05) is 13.6 Å². The van der Waals surface area contributed by atoms with E-state index in [9.17, 15) is 18.0 Å². The summed E-state index contributed by atoms with van der Waals surface area (Å²) >= 11 is 0. The van der Waals surface area contributed by atoms with Gasteiger partial charge in [0.05, 0.1) is 11.1 Å². The predicted octanol–water partition coefficient (Wildman–Crippen LogP) is 2.94. The Balaban J connectivity index is 2.17. The fourth-order valence-corrected chi connectivity index (χ4v) is 2.86. The van der Waals surface area contributed by atoms with E-state index >= 15 is 0 Å². The summed E-state index contributed by atoms with van der Waals surface area (Å²) in [6.45, 7) is -0.0898. The third-order valence-corrected chi connectivity index (χ3v) is 4.00. The summed E-state index contributed by atoms with van der Waals surface area (Å²) in [4.78, 5) is 13.7. The van der Waals surface area contributed by atoms with Crippen LogP contribution in [0.25, 0.3) is 0 Å². The smallest absolute Gasteiger partial charge is 0.340 e. The predicted molar refractivity (Wildman–Crippen MR) is 73.3 cm³/mol. The lowest BCUT2D eigenvalue weighted by Crippen LogP contribution is -2.52. The van der Waals surface area contributed by atoms with Gasteiger partial charge < -0.3 is 10.6 Å². The first-order valence-corrected chi connectivity index (χ1v) is 6.93. The molecule has 1 fully saturated rings. The van der Waals surface area contributed by atoms with Crippen molar-refractivity contribution < 1.29 is 18.0 Å². The molecule has 0 aliphatic heterocycles. The molecule has 3 nitrogen and oxygen atoms in total. The zero-order chi connectivity index (χ0) is 15.7. The second-order valence-corrected chi connectivity index (χ2v) is 5.68. The van der Waals surface area contributed by atoms with Gasteiger partial charge in [-0.1, -0.05) is 31.0 Å². The van der Waals surface area contributed by atoms with E-state index in [4.69, 9.17) is 5.73 Å². The van der Waals surface area contributed by atoms with Gasteiger partial charge in [-0.15, -0.1) is 0 Å². The second-order valence-electron chi connectivity index (χ2n) is 5.68. The molecular formula is C15H19F3N2O. The Morgan fingerprint density at radius 1 is 1.29 bits per heavy atom. The van der Waals surface area contributed by atoms with Crippen molar-refractivity contribution in [3.05, 3.63) is 35.4 Å². The molecule has 0 unspecified atom stereocenters. The molecule has 0 atom stereocenters. The Labute approximate surface area is 121 Å². The molecule has 1 aromatic rings. The van der Waals surface area contributed by atoms with Gasteiger partial charge >= 0.3 is 6.18 Å². The fraction of sp³-hybridized carbons (Fsp3) is 0.533. The highest BCUT2D eigenvalue weighted by molar-refractivity contribution is 5.86. The van der Waals surface area contributed by atoms with Gasteiger partial charge in [-0.2, -0.15) is 13.2 Å². The molecule has 21 heavy (non-hydrogen) atoms. The lowest BCUT2D eigenvalue weighted by molar-refractivity contribution is -0.140. The number of nitrogens with two attached hydrogens (primary N) is 1. The van der Waals surface area contributed by atoms with E-state index in [2.05, 4.69) is 0 Å². The molecule has 1 aromatic carbocycles. The highest BCUT2D eigenvalue weighted by Gasteiger charge is 2.39. The lowest BCUT2D eigenvalue weighted by Gasteiger charge is -2.29. The van der Waals surface area contributed by atoms with Gasteiger partial charge in [0.2, 0.25) is 5.91 Å². The summed E-state index contributed by atoms with van der Waals surface area (Å²) in [6.07, 6.45) is -1.47. The van der Waals surface area contributed by atoms with E-state index in [1.54, 1.807) is 0 Å². The van der Waals surface area contributed by atoms with E-state index in [-0.39, 0.29) is 18.0 Å². The molecule has 6 heteroatoms. The van der Waals surface area contributed by atoms with Crippen molar-refractivity contribution in [2.24, 2.45) is 5.73 Å². The number of nitrogens with zero attached hydrogens (tertiary/aromatic N) is 1. The number of hydrogen-bond donors (Lipinski definition) is 1. The van der Waals surface area contributed by atoms with Crippen LogP contribution in [0.5, 0.6) is 0 Å². The second kappa shape index (κ2) is 5.67. The number of likely N-dealkylation sites (N-methyl/N-ethyl adjacent to an activating group) is 1. The molecule has 116 valence electrons. The zero-order valence-corrected chi connectivity index (χ0v) is 11.9. The van der Waals surface area contributed by atoms with Crippen LogP contribution in [0.1, 0.15) is 36.8 Å². The highest BCUT2D eigenvalue weighted by atomic mass is 19.4. The van der Waals surface area contributed by atoms with E-state index < -0.39 is 17.3 Å². The summed E-state index contributed by atoms with van der Waals surface area (Å²) in [7, 11) is 1.50. The third kappa shape index (κ3) is 3.37. The van der Waals surface area contributed by atoms with Crippen molar-refractivity contribution in [1.82, 2.24) is 4.90 Å². The van der Waals surface area contributed by atoms with Crippen LogP contribution < -0.4 is 5.73 Å². The summed E-state index contributed by atoms with van der Waals surface area (Å²) in [5, 5.41) is 0. The minimum atomic E-state index is -4.42. The van der Waals surface area contributed by atoms with Gasteiger partial charge in [0.1, 0.15) is 0 Å². The average molecular weight is 300 g/mol. The number of alkyl halides is 3. The topological polar surface area (TPSA) is 46.3 Å². The Morgan fingerprint density at radius 2 is 1.86 bits per heavy atom. The maximum Gasteiger partial charge on any atom is 0.416 e. The van der Waals surface area contributed by atoms with E-state index in [0.29, 0.717) is 12.8 Å². The SMILES string of the molecule is CN(Cc1ccccc1C(F)(F)F)C(=O)C1(N)CCCC1. The van der Waals surface area contributed by atoms with E-state index in [1.165, 1.54) is 30.1 Å². The maximum atomic E-state index is 12.9. The van der Waals surface area contributed by atoms with Gasteiger partial charge in [0.15, 0.2) is 0 Å². The van der Waals surface area contributed by atoms with Crippen LogP contribution >= 0.6 is 0 Å². The normalized spacial score (nSPS) is 17.8. The Bertz CT molecular complexity index is 522. The van der Waals surface area contributed by atoms with Gasteiger partial charge in [-0.05, 0) is 24.5 Å². The number of rotatable bonds is 3. The van der Waals surface area contributed by atoms with Crippen LogP contribution in [0.2, 0.25) is 0 Å². The maximum absolute atomic E-state index is 12.9. The van der Waals surface area contributed by atoms with Gasteiger partial charge in [0.25, 0.3) is 0 Å². The Kier molecular flexibility index (Phi) is 4.27. The van der Waals surface area contributed by atoms with Crippen LogP contribution in [-0.2, 0) is 17.5 Å². The minimum absolute atomic E-state index is 0.0856. The van der Waals surface area contributed by atoms with Crippen LogP contribution in [0.15, 0.2) is 24.3 Å². The van der Waals surface area contributed by atoms with Gasteiger partial charge in [-0.25, -0.2) is 0 Å². The summed E-state index contributed by atoms with van der Waals surface area (Å²) in [6, 6.07) is 5.30. The number of carbonyl (C=O) groups is 1. The number of amides is 1. The van der Waals surface area contributed by atoms with Crippen molar-refractivity contribution in [3.8, 4) is 0 Å². The van der Waals surface area contributed by atoms with Crippen molar-refractivity contribution in [2.45, 2.75) is 43.9 Å². The van der Waals surface area contributed by atoms with Crippen molar-refractivity contribution in [2.75, 3.05) is 7.05 Å². The van der Waals surface area contributed by atoms with Crippen molar-refractivity contribution in [3.63, 3.8) is 0 Å². The van der Waals surface area contributed by atoms with Crippen molar-refractivity contribution >= 4 is 5.91 Å². The van der Waals surface area contributed by atoms with E-state index in [1.807, 2.05) is 0 Å². The number of halogens is 3. The Hall–Kier alpha value is -1.56. The van der Waals surface area contributed by atoms with E-state index in [0.717, 1.165) is 18.9 Å². The Morgan fingerprint density at radius 3 is 2.43 bits per heavy atom. The molecule has 0 bridgehead atoms. The summed E-state index contributed by atoms with van der Waals surface area (Å²) in [5.41, 5.74) is 4.53. The summed E-state index contributed by atoms with van der Waals surface area (Å²) in [5.74, 6) is -0.281. The molecule has 1 saturated carbocycles. The van der Waals surface area contributed by atoms with Crippen molar-refractivity contribution in [1.29, 1.82) is 0 Å². The highest BCUT2D eigenvalue weighted by Crippen LogP contribution is 2.33. The quantitative estimate of drug-likeness (QED) is 0.933. The molecule has 1 aliphatic carbocycles. The third-order valence-electron chi connectivity index (χ3n) is 4.00. The lowest BCUT2D eigenvalue weighted by atomic mass is 9.97. The molecule has 2 N–H and O–H groups in total. The van der Waals surface area contributed by atoms with Crippen LogP contribution in [0.3, 0.4) is 0 Å².